The molecular formula is C18H16F2N4O. The van der Waals surface area contributed by atoms with E-state index in [0.717, 1.165) is 24.2 Å². The van der Waals surface area contributed by atoms with Gasteiger partial charge in [-0.1, -0.05) is 6.07 Å². The molecule has 7 heteroatoms. The van der Waals surface area contributed by atoms with Crippen LogP contribution in [0.5, 0.6) is 0 Å². The largest absolute Gasteiger partial charge is 0.382 e. The summed E-state index contributed by atoms with van der Waals surface area (Å²) in [6.45, 7) is 0. The van der Waals surface area contributed by atoms with E-state index in [2.05, 4.69) is 15.4 Å². The van der Waals surface area contributed by atoms with Crippen LogP contribution in [0.4, 0.5) is 14.5 Å². The predicted octanol–water partition coefficient (Wildman–Crippen LogP) is 2.81. The third-order valence-corrected chi connectivity index (χ3v) is 4.43. The maximum absolute atomic E-state index is 13.3. The van der Waals surface area contributed by atoms with E-state index >= 15 is 0 Å². The number of hydrogen-bond donors (Lipinski definition) is 2. The number of hydrogen-bond acceptors (Lipinski definition) is 3. The third kappa shape index (κ3) is 2.93. The highest BCUT2D eigenvalue weighted by Gasteiger charge is 2.25. The zero-order chi connectivity index (χ0) is 17.4. The number of nitrogens with zero attached hydrogens (tertiary/aromatic N) is 2. The molecule has 128 valence electrons. The summed E-state index contributed by atoms with van der Waals surface area (Å²) in [5.74, 6) is -1.21. The Morgan fingerprint density at radius 1 is 1.20 bits per heavy atom. The Balaban J connectivity index is 1.58. The molecule has 5 nitrogen and oxygen atoms in total. The minimum atomic E-state index is -0.888. The second kappa shape index (κ2) is 6.16. The van der Waals surface area contributed by atoms with Crippen molar-refractivity contribution in [3.63, 3.8) is 0 Å². The van der Waals surface area contributed by atoms with Crippen LogP contribution in [0.15, 0.2) is 47.4 Å². The van der Waals surface area contributed by atoms with Gasteiger partial charge in [-0.2, -0.15) is 0 Å². The first-order chi connectivity index (χ1) is 12.1. The van der Waals surface area contributed by atoms with Crippen LogP contribution in [0, 0.1) is 11.6 Å². The normalized spacial score (nSPS) is 16.5. The Morgan fingerprint density at radius 2 is 2.08 bits per heavy atom. The van der Waals surface area contributed by atoms with Crippen molar-refractivity contribution < 1.29 is 8.78 Å². The van der Waals surface area contributed by atoms with Crippen LogP contribution in [0.25, 0.3) is 5.82 Å². The minimum Gasteiger partial charge on any atom is -0.382 e. The Kier molecular flexibility index (Phi) is 3.83. The van der Waals surface area contributed by atoms with E-state index in [1.807, 2.05) is 6.07 Å². The van der Waals surface area contributed by atoms with Gasteiger partial charge < -0.3 is 5.32 Å². The SMILES string of the molecule is O=c1c2c([nH]n1-c1ccccn1)CCC(Nc1ccc(F)c(F)c1)C2. The maximum Gasteiger partial charge on any atom is 0.276 e. The van der Waals surface area contributed by atoms with E-state index in [4.69, 9.17) is 0 Å². The first-order valence-electron chi connectivity index (χ1n) is 8.07. The number of halogens is 2. The molecule has 1 aromatic carbocycles. The number of H-pyrrole nitrogens is 1. The summed E-state index contributed by atoms with van der Waals surface area (Å²) in [6.07, 6.45) is 3.64. The van der Waals surface area contributed by atoms with E-state index in [0.29, 0.717) is 29.9 Å². The molecule has 1 atom stereocenters. The number of anilines is 1. The summed E-state index contributed by atoms with van der Waals surface area (Å²) in [5.41, 5.74) is 1.99. The zero-order valence-electron chi connectivity index (χ0n) is 13.3. The molecule has 0 amide bonds. The number of aryl methyl sites for hydroxylation is 1. The van der Waals surface area contributed by atoms with Gasteiger partial charge >= 0.3 is 0 Å². The molecule has 1 unspecified atom stereocenters. The fraction of sp³-hybridized carbons (Fsp3) is 0.222. The standard InChI is InChI=1S/C18H16F2N4O/c19-14-6-4-12(10-15(14)20)22-11-5-7-16-13(9-11)18(25)24(23-16)17-3-1-2-8-21-17/h1-4,6,8,10-11,22-23H,5,7,9H2. The molecule has 0 aliphatic heterocycles. The van der Waals surface area contributed by atoms with Crippen molar-refractivity contribution >= 4 is 5.69 Å². The third-order valence-electron chi connectivity index (χ3n) is 4.43. The van der Waals surface area contributed by atoms with E-state index in [9.17, 15) is 13.6 Å². The number of aromatic nitrogens is 3. The van der Waals surface area contributed by atoms with Gasteiger partial charge in [0.1, 0.15) is 0 Å². The van der Waals surface area contributed by atoms with Gasteiger partial charge in [0.15, 0.2) is 17.5 Å². The van der Waals surface area contributed by atoms with Crippen molar-refractivity contribution in [1.29, 1.82) is 0 Å². The smallest absolute Gasteiger partial charge is 0.276 e. The Bertz CT molecular complexity index is 965. The number of pyridine rings is 1. The topological polar surface area (TPSA) is 62.7 Å². The highest BCUT2D eigenvalue weighted by atomic mass is 19.2. The van der Waals surface area contributed by atoms with Gasteiger partial charge in [0.2, 0.25) is 0 Å². The first kappa shape index (κ1) is 15.6. The summed E-state index contributed by atoms with van der Waals surface area (Å²) < 4.78 is 27.8. The summed E-state index contributed by atoms with van der Waals surface area (Å²) in [6, 6.07) is 9.08. The van der Waals surface area contributed by atoms with Crippen LogP contribution in [-0.2, 0) is 12.8 Å². The van der Waals surface area contributed by atoms with Crippen molar-refractivity contribution in [1.82, 2.24) is 14.8 Å². The summed E-state index contributed by atoms with van der Waals surface area (Å²) in [4.78, 5) is 16.9. The fourth-order valence-electron chi connectivity index (χ4n) is 3.19. The number of aromatic amines is 1. The number of fused-ring (bicyclic) bond motifs is 1. The van der Waals surface area contributed by atoms with Crippen LogP contribution in [0.3, 0.4) is 0 Å². The van der Waals surface area contributed by atoms with Crippen molar-refractivity contribution in [2.24, 2.45) is 0 Å². The molecule has 25 heavy (non-hydrogen) atoms. The molecule has 1 aliphatic carbocycles. The Hall–Kier alpha value is -2.96. The van der Waals surface area contributed by atoms with Crippen LogP contribution < -0.4 is 10.9 Å². The lowest BCUT2D eigenvalue weighted by atomic mass is 9.93. The predicted molar refractivity (Wildman–Crippen MR) is 90.0 cm³/mol. The van der Waals surface area contributed by atoms with Crippen LogP contribution in [0.1, 0.15) is 17.7 Å². The number of nitrogens with one attached hydrogen (secondary N) is 2. The van der Waals surface area contributed by atoms with Crippen molar-refractivity contribution in [3.8, 4) is 5.82 Å². The molecule has 2 heterocycles. The van der Waals surface area contributed by atoms with E-state index in [-0.39, 0.29) is 11.6 Å². The lowest BCUT2D eigenvalue weighted by molar-refractivity contribution is 0.508. The second-order valence-corrected chi connectivity index (χ2v) is 6.11. The van der Waals surface area contributed by atoms with Gasteiger partial charge in [-0.05, 0) is 43.5 Å². The second-order valence-electron chi connectivity index (χ2n) is 6.11. The average Bonchev–Trinajstić information content (AvgIpc) is 2.96. The van der Waals surface area contributed by atoms with Gasteiger partial charge in [-0.15, -0.1) is 0 Å². The lowest BCUT2D eigenvalue weighted by Gasteiger charge is -2.23. The molecule has 0 radical (unpaired) electrons. The average molecular weight is 342 g/mol. The van der Waals surface area contributed by atoms with Crippen molar-refractivity contribution in [3.05, 3.63) is 75.8 Å². The van der Waals surface area contributed by atoms with Gasteiger partial charge in [-0.25, -0.2) is 18.4 Å². The van der Waals surface area contributed by atoms with Crippen LogP contribution in [-0.4, -0.2) is 20.8 Å². The molecular weight excluding hydrogens is 326 g/mol. The number of benzene rings is 1. The molecule has 0 saturated heterocycles. The molecule has 2 N–H and O–H groups in total. The Morgan fingerprint density at radius 3 is 2.84 bits per heavy atom. The summed E-state index contributed by atoms with van der Waals surface area (Å²) >= 11 is 0. The highest BCUT2D eigenvalue weighted by molar-refractivity contribution is 5.45. The fourth-order valence-corrected chi connectivity index (χ4v) is 3.19. The lowest BCUT2D eigenvalue weighted by Crippen LogP contribution is -2.30. The van der Waals surface area contributed by atoms with Gasteiger partial charge in [0, 0.05) is 35.2 Å². The molecule has 4 rings (SSSR count). The summed E-state index contributed by atoms with van der Waals surface area (Å²) in [7, 11) is 0. The Labute approximate surface area is 142 Å². The van der Waals surface area contributed by atoms with Gasteiger partial charge in [-0.3, -0.25) is 9.89 Å². The van der Waals surface area contributed by atoms with Crippen LogP contribution in [0.2, 0.25) is 0 Å². The van der Waals surface area contributed by atoms with Crippen molar-refractivity contribution in [2.75, 3.05) is 5.32 Å². The molecule has 0 saturated carbocycles. The molecule has 3 aromatic rings. The van der Waals surface area contributed by atoms with Crippen LogP contribution >= 0.6 is 0 Å². The van der Waals surface area contributed by atoms with Gasteiger partial charge in [0.05, 0.1) is 0 Å². The molecule has 2 aromatic heterocycles. The molecule has 0 spiro atoms. The minimum absolute atomic E-state index is 0.0157. The highest BCUT2D eigenvalue weighted by Crippen LogP contribution is 2.22. The zero-order valence-corrected chi connectivity index (χ0v) is 13.3. The molecule has 0 fully saturated rings. The van der Waals surface area contributed by atoms with E-state index in [1.165, 1.54) is 10.7 Å². The first-order valence-corrected chi connectivity index (χ1v) is 8.07. The molecule has 1 aliphatic rings. The monoisotopic (exact) mass is 342 g/mol. The van der Waals surface area contributed by atoms with Crippen molar-refractivity contribution in [2.45, 2.75) is 25.3 Å². The van der Waals surface area contributed by atoms with E-state index < -0.39 is 11.6 Å². The van der Waals surface area contributed by atoms with E-state index in [1.54, 1.807) is 18.3 Å². The summed E-state index contributed by atoms with van der Waals surface area (Å²) in [5, 5.41) is 6.31. The maximum atomic E-state index is 13.3. The van der Waals surface area contributed by atoms with Gasteiger partial charge in [0.25, 0.3) is 5.56 Å². The number of rotatable bonds is 3. The quantitative estimate of drug-likeness (QED) is 0.769. The molecule has 0 bridgehead atoms.